The van der Waals surface area contributed by atoms with E-state index in [1.807, 2.05) is 0 Å². The Balaban J connectivity index is 2.25. The van der Waals surface area contributed by atoms with Crippen molar-refractivity contribution >= 4 is 15.9 Å². The summed E-state index contributed by atoms with van der Waals surface area (Å²) in [5, 5.41) is 2.86. The lowest BCUT2D eigenvalue weighted by Gasteiger charge is -2.08. The first-order valence-corrected chi connectivity index (χ1v) is 9.70. The summed E-state index contributed by atoms with van der Waals surface area (Å²) in [6, 6.07) is 6.56. The number of hydrogen-bond acceptors (Lipinski definition) is 4. The summed E-state index contributed by atoms with van der Waals surface area (Å²) in [4.78, 5) is 12.0. The van der Waals surface area contributed by atoms with Gasteiger partial charge in [0.25, 0.3) is 0 Å². The molecule has 1 rings (SSSR count). The molecule has 1 aromatic rings. The molecular weight excluding hydrogens is 328 g/mol. The number of carbonyl (C=O) groups excluding carboxylic acids is 1. The molecule has 0 aliphatic carbocycles. The van der Waals surface area contributed by atoms with Gasteiger partial charge in [-0.1, -0.05) is 26.0 Å². The average Bonchev–Trinajstić information content (AvgIpc) is 2.56. The highest BCUT2D eigenvalue weighted by molar-refractivity contribution is 7.89. The van der Waals surface area contributed by atoms with Gasteiger partial charge in [-0.15, -0.1) is 0 Å². The maximum atomic E-state index is 11.8. The largest absolute Gasteiger partial charge is 0.381 e. The summed E-state index contributed by atoms with van der Waals surface area (Å²) in [5.74, 6) is 0.514. The predicted molar refractivity (Wildman–Crippen MR) is 94.3 cm³/mol. The Labute approximate surface area is 145 Å². The first-order chi connectivity index (χ1) is 11.3. The highest BCUT2D eigenvalue weighted by atomic mass is 32.2. The number of amides is 1. The van der Waals surface area contributed by atoms with Crippen LogP contribution in [-0.4, -0.2) is 41.1 Å². The molecule has 0 unspecified atom stereocenters. The van der Waals surface area contributed by atoms with Gasteiger partial charge in [-0.3, -0.25) is 4.79 Å². The van der Waals surface area contributed by atoms with Crippen LogP contribution in [-0.2, 0) is 26.0 Å². The van der Waals surface area contributed by atoms with Gasteiger partial charge in [0.15, 0.2) is 0 Å². The zero-order valence-electron chi connectivity index (χ0n) is 14.7. The summed E-state index contributed by atoms with van der Waals surface area (Å²) in [7, 11) is -2.04. The van der Waals surface area contributed by atoms with Crippen LogP contribution in [0.25, 0.3) is 0 Å². The molecule has 136 valence electrons. The summed E-state index contributed by atoms with van der Waals surface area (Å²) >= 11 is 0. The van der Waals surface area contributed by atoms with Gasteiger partial charge in [-0.25, -0.2) is 13.1 Å². The van der Waals surface area contributed by atoms with Gasteiger partial charge in [0.05, 0.1) is 4.90 Å². The van der Waals surface area contributed by atoms with Crippen molar-refractivity contribution in [3.8, 4) is 0 Å². The quantitative estimate of drug-likeness (QED) is 0.591. The summed E-state index contributed by atoms with van der Waals surface area (Å²) in [6.45, 7) is 6.20. The minimum absolute atomic E-state index is 0.00853. The molecule has 24 heavy (non-hydrogen) atoms. The van der Waals surface area contributed by atoms with E-state index in [0.717, 1.165) is 18.6 Å². The van der Waals surface area contributed by atoms with Crippen LogP contribution in [0.3, 0.4) is 0 Å². The Morgan fingerprint density at radius 3 is 2.46 bits per heavy atom. The highest BCUT2D eigenvalue weighted by Gasteiger charge is 2.10. The van der Waals surface area contributed by atoms with Crippen LogP contribution in [0.5, 0.6) is 0 Å². The molecule has 0 aromatic heterocycles. The Bertz CT molecular complexity index is 598. The minimum atomic E-state index is -3.41. The number of carbonyl (C=O) groups is 1. The second kappa shape index (κ2) is 10.4. The zero-order chi connectivity index (χ0) is 18.0. The van der Waals surface area contributed by atoms with Gasteiger partial charge in [-0.2, -0.15) is 0 Å². The first kappa shape index (κ1) is 20.6. The Kier molecular flexibility index (Phi) is 8.95. The molecule has 0 fully saturated rings. The molecule has 0 aliphatic rings. The van der Waals surface area contributed by atoms with Gasteiger partial charge in [0, 0.05) is 26.2 Å². The number of hydrogen-bond donors (Lipinski definition) is 2. The monoisotopic (exact) mass is 356 g/mol. The van der Waals surface area contributed by atoms with Crippen molar-refractivity contribution in [3.63, 3.8) is 0 Å². The molecule has 0 atom stereocenters. The molecule has 0 heterocycles. The van der Waals surface area contributed by atoms with E-state index in [1.54, 1.807) is 24.3 Å². The van der Waals surface area contributed by atoms with E-state index >= 15 is 0 Å². The molecule has 0 bridgehead atoms. The number of ether oxygens (including phenoxy) is 1. The third kappa shape index (κ3) is 7.90. The minimum Gasteiger partial charge on any atom is -0.381 e. The second-order valence-corrected chi connectivity index (χ2v) is 7.91. The molecule has 1 aromatic carbocycles. The van der Waals surface area contributed by atoms with Crippen LogP contribution in [0.2, 0.25) is 0 Å². The van der Waals surface area contributed by atoms with E-state index in [-0.39, 0.29) is 10.8 Å². The van der Waals surface area contributed by atoms with Crippen LogP contribution in [0.15, 0.2) is 29.2 Å². The maximum absolute atomic E-state index is 11.8. The van der Waals surface area contributed by atoms with Crippen molar-refractivity contribution < 1.29 is 17.9 Å². The Morgan fingerprint density at radius 2 is 1.88 bits per heavy atom. The molecule has 1 amide bonds. The summed E-state index contributed by atoms with van der Waals surface area (Å²) in [5.41, 5.74) is 0.931. The molecule has 6 nitrogen and oxygen atoms in total. The Morgan fingerprint density at radius 1 is 1.21 bits per heavy atom. The maximum Gasteiger partial charge on any atom is 0.240 e. The summed E-state index contributed by atoms with van der Waals surface area (Å²) < 4.78 is 31.0. The molecule has 0 radical (unpaired) electrons. The van der Waals surface area contributed by atoms with E-state index in [4.69, 9.17) is 4.74 Å². The van der Waals surface area contributed by atoms with Crippen LogP contribution >= 0.6 is 0 Å². The fraction of sp³-hybridized carbons (Fsp3) is 0.588. The zero-order valence-corrected chi connectivity index (χ0v) is 15.5. The standard InChI is InChI=1S/C17H28N2O4S/c1-14(2)13-23-12-4-11-19-17(20)10-7-15-5-8-16(9-6-15)24(21,22)18-3/h5-6,8-9,14,18H,4,7,10-13H2,1-3H3,(H,19,20). The molecule has 0 aliphatic heterocycles. The predicted octanol–water partition coefficient (Wildman–Crippen LogP) is 1.71. The van der Waals surface area contributed by atoms with Gasteiger partial charge < -0.3 is 10.1 Å². The van der Waals surface area contributed by atoms with E-state index < -0.39 is 10.0 Å². The smallest absolute Gasteiger partial charge is 0.240 e. The first-order valence-electron chi connectivity index (χ1n) is 8.22. The number of aryl methyl sites for hydroxylation is 1. The summed E-state index contributed by atoms with van der Waals surface area (Å²) in [6.07, 6.45) is 1.76. The van der Waals surface area contributed by atoms with Crippen molar-refractivity contribution in [3.05, 3.63) is 29.8 Å². The lowest BCUT2D eigenvalue weighted by atomic mass is 10.1. The third-order valence-electron chi connectivity index (χ3n) is 3.38. The molecule has 0 saturated heterocycles. The van der Waals surface area contributed by atoms with Gasteiger partial charge in [0.1, 0.15) is 0 Å². The van der Waals surface area contributed by atoms with E-state index in [2.05, 4.69) is 23.9 Å². The van der Waals surface area contributed by atoms with Crippen molar-refractivity contribution in [2.75, 3.05) is 26.8 Å². The van der Waals surface area contributed by atoms with Gasteiger partial charge >= 0.3 is 0 Å². The number of rotatable bonds is 11. The second-order valence-electron chi connectivity index (χ2n) is 6.02. The average molecular weight is 356 g/mol. The van der Waals surface area contributed by atoms with E-state index in [0.29, 0.717) is 31.9 Å². The third-order valence-corrected chi connectivity index (χ3v) is 4.81. The number of sulfonamides is 1. The number of benzene rings is 1. The fourth-order valence-corrected chi connectivity index (χ4v) is 2.75. The molecule has 0 spiro atoms. The van der Waals surface area contributed by atoms with E-state index in [1.165, 1.54) is 7.05 Å². The van der Waals surface area contributed by atoms with Gasteiger partial charge in [-0.05, 0) is 43.5 Å². The van der Waals surface area contributed by atoms with Crippen molar-refractivity contribution in [2.45, 2.75) is 38.0 Å². The van der Waals surface area contributed by atoms with Crippen LogP contribution < -0.4 is 10.0 Å². The molecular formula is C17H28N2O4S. The van der Waals surface area contributed by atoms with Crippen molar-refractivity contribution in [1.82, 2.24) is 10.0 Å². The fourth-order valence-electron chi connectivity index (χ4n) is 2.02. The molecule has 2 N–H and O–H groups in total. The lowest BCUT2D eigenvalue weighted by molar-refractivity contribution is -0.121. The highest BCUT2D eigenvalue weighted by Crippen LogP contribution is 2.11. The topological polar surface area (TPSA) is 84.5 Å². The van der Waals surface area contributed by atoms with Crippen LogP contribution in [0, 0.1) is 5.92 Å². The molecule has 0 saturated carbocycles. The lowest BCUT2D eigenvalue weighted by Crippen LogP contribution is -2.25. The normalized spacial score (nSPS) is 11.7. The van der Waals surface area contributed by atoms with Crippen LogP contribution in [0.4, 0.5) is 0 Å². The van der Waals surface area contributed by atoms with Crippen LogP contribution in [0.1, 0.15) is 32.3 Å². The molecule has 7 heteroatoms. The Hall–Kier alpha value is -1.44. The van der Waals surface area contributed by atoms with Crippen molar-refractivity contribution in [1.29, 1.82) is 0 Å². The van der Waals surface area contributed by atoms with Gasteiger partial charge in [0.2, 0.25) is 15.9 Å². The number of nitrogens with one attached hydrogen (secondary N) is 2. The van der Waals surface area contributed by atoms with Crippen molar-refractivity contribution in [2.24, 2.45) is 5.92 Å². The SMILES string of the molecule is CNS(=O)(=O)c1ccc(CCC(=O)NCCCOCC(C)C)cc1. The van der Waals surface area contributed by atoms with E-state index in [9.17, 15) is 13.2 Å².